The number of nitrogens with one attached hydrogen (secondary N) is 1. The van der Waals surface area contributed by atoms with E-state index in [0.717, 1.165) is 12.8 Å². The molecule has 0 saturated heterocycles. The highest BCUT2D eigenvalue weighted by molar-refractivity contribution is 5.97. The van der Waals surface area contributed by atoms with Crippen LogP contribution in [0.1, 0.15) is 30.1 Å². The fraction of sp³-hybridized carbons (Fsp3) is 0.462. The summed E-state index contributed by atoms with van der Waals surface area (Å²) in [5.41, 5.74) is 0.0604. The van der Waals surface area contributed by atoms with Gasteiger partial charge in [0.1, 0.15) is 11.5 Å². The molecule has 0 aromatic heterocycles. The van der Waals surface area contributed by atoms with Crippen molar-refractivity contribution in [1.82, 2.24) is 5.32 Å². The lowest BCUT2D eigenvalue weighted by atomic mass is 10.1. The number of amides is 1. The maximum atomic E-state index is 11.7. The molecule has 100 valence electrons. The number of hydrogen-bond acceptors (Lipinski definition) is 4. The first-order chi connectivity index (χ1) is 8.54. The number of carbonyl (C=O) groups is 1. The van der Waals surface area contributed by atoms with E-state index in [1.165, 1.54) is 18.2 Å². The highest BCUT2D eigenvalue weighted by Gasteiger charge is 2.11. The average molecular weight is 253 g/mol. The molecular formula is C13H19NO4. The highest BCUT2D eigenvalue weighted by Crippen LogP contribution is 2.21. The van der Waals surface area contributed by atoms with E-state index < -0.39 is 5.91 Å². The molecule has 1 atom stereocenters. The Morgan fingerprint density at radius 1 is 1.39 bits per heavy atom. The first kappa shape index (κ1) is 14.3. The van der Waals surface area contributed by atoms with Crippen LogP contribution in [-0.2, 0) is 0 Å². The summed E-state index contributed by atoms with van der Waals surface area (Å²) in [5, 5.41) is 30.2. The Kier molecular flexibility index (Phi) is 5.45. The van der Waals surface area contributed by atoms with Crippen molar-refractivity contribution in [3.8, 4) is 11.5 Å². The second kappa shape index (κ2) is 6.86. The minimum absolute atomic E-state index is 0.0604. The van der Waals surface area contributed by atoms with Crippen LogP contribution in [0.5, 0.6) is 11.5 Å². The first-order valence-electron chi connectivity index (χ1n) is 5.95. The summed E-state index contributed by atoms with van der Waals surface area (Å²) >= 11 is 0. The van der Waals surface area contributed by atoms with Gasteiger partial charge in [-0.05, 0) is 37.0 Å². The van der Waals surface area contributed by atoms with Gasteiger partial charge >= 0.3 is 0 Å². The Hall–Kier alpha value is -1.75. The zero-order valence-electron chi connectivity index (χ0n) is 10.4. The van der Waals surface area contributed by atoms with Crippen molar-refractivity contribution < 1.29 is 20.1 Å². The number of phenolic OH excluding ortho intramolecular Hbond substituents is 2. The summed E-state index contributed by atoms with van der Waals surface area (Å²) in [6.07, 6.45) is 1.58. The van der Waals surface area contributed by atoms with E-state index in [9.17, 15) is 15.0 Å². The third-order valence-corrected chi connectivity index (χ3v) is 2.70. The maximum Gasteiger partial charge on any atom is 0.255 e. The van der Waals surface area contributed by atoms with Gasteiger partial charge in [-0.15, -0.1) is 0 Å². The number of phenols is 2. The molecule has 1 aromatic rings. The minimum Gasteiger partial charge on any atom is -0.508 e. The molecule has 5 heteroatoms. The summed E-state index contributed by atoms with van der Waals surface area (Å²) in [6, 6.07) is 3.81. The summed E-state index contributed by atoms with van der Waals surface area (Å²) in [4.78, 5) is 11.7. The predicted molar refractivity (Wildman–Crippen MR) is 67.6 cm³/mol. The van der Waals surface area contributed by atoms with Gasteiger partial charge in [0.2, 0.25) is 0 Å². The summed E-state index contributed by atoms with van der Waals surface area (Å²) < 4.78 is 0. The third-order valence-electron chi connectivity index (χ3n) is 2.70. The fourth-order valence-electron chi connectivity index (χ4n) is 1.54. The molecule has 0 radical (unpaired) electrons. The van der Waals surface area contributed by atoms with Crippen LogP contribution in [0, 0.1) is 5.92 Å². The lowest BCUT2D eigenvalue weighted by molar-refractivity contribution is 0.0949. The van der Waals surface area contributed by atoms with E-state index in [1.54, 1.807) is 0 Å². The summed E-state index contributed by atoms with van der Waals surface area (Å²) in [7, 11) is 0. The van der Waals surface area contributed by atoms with Gasteiger partial charge in [-0.25, -0.2) is 0 Å². The number of rotatable bonds is 6. The SMILES string of the molecule is CC(CO)CCCNC(=O)c1cc(O)ccc1O. The zero-order chi connectivity index (χ0) is 13.5. The van der Waals surface area contributed by atoms with Gasteiger partial charge in [0.15, 0.2) is 0 Å². The number of aromatic hydroxyl groups is 2. The van der Waals surface area contributed by atoms with Crippen LogP contribution in [-0.4, -0.2) is 34.4 Å². The monoisotopic (exact) mass is 253 g/mol. The molecule has 0 heterocycles. The van der Waals surface area contributed by atoms with Gasteiger partial charge in [-0.2, -0.15) is 0 Å². The highest BCUT2D eigenvalue weighted by atomic mass is 16.3. The summed E-state index contributed by atoms with van der Waals surface area (Å²) in [6.45, 7) is 2.54. The van der Waals surface area contributed by atoms with Crippen molar-refractivity contribution in [2.75, 3.05) is 13.2 Å². The molecule has 5 nitrogen and oxygen atoms in total. The van der Waals surface area contributed by atoms with Crippen LogP contribution < -0.4 is 5.32 Å². The minimum atomic E-state index is -0.417. The Morgan fingerprint density at radius 3 is 2.78 bits per heavy atom. The number of aliphatic hydroxyl groups is 1. The first-order valence-corrected chi connectivity index (χ1v) is 5.95. The Morgan fingerprint density at radius 2 is 2.11 bits per heavy atom. The molecule has 0 saturated carbocycles. The van der Waals surface area contributed by atoms with E-state index in [4.69, 9.17) is 5.11 Å². The van der Waals surface area contributed by atoms with E-state index in [-0.39, 0.29) is 29.6 Å². The van der Waals surface area contributed by atoms with E-state index in [1.807, 2.05) is 6.92 Å². The van der Waals surface area contributed by atoms with E-state index in [0.29, 0.717) is 6.54 Å². The van der Waals surface area contributed by atoms with Crippen molar-refractivity contribution in [2.24, 2.45) is 5.92 Å². The molecule has 1 unspecified atom stereocenters. The molecule has 1 aromatic carbocycles. The van der Waals surface area contributed by atoms with Gasteiger partial charge < -0.3 is 20.6 Å². The van der Waals surface area contributed by atoms with Gasteiger partial charge in [0.25, 0.3) is 5.91 Å². The maximum absolute atomic E-state index is 11.7. The second-order valence-corrected chi connectivity index (χ2v) is 4.39. The molecule has 1 amide bonds. The Balaban J connectivity index is 2.43. The van der Waals surface area contributed by atoms with Crippen molar-refractivity contribution in [2.45, 2.75) is 19.8 Å². The molecule has 0 aliphatic carbocycles. The standard InChI is InChI=1S/C13H19NO4/c1-9(8-15)3-2-6-14-13(18)11-7-10(16)4-5-12(11)17/h4-5,7,9,15-17H,2-3,6,8H2,1H3,(H,14,18). The molecule has 0 aliphatic heterocycles. The second-order valence-electron chi connectivity index (χ2n) is 4.39. The molecule has 0 aliphatic rings. The van der Waals surface area contributed by atoms with Gasteiger partial charge in [-0.3, -0.25) is 4.79 Å². The van der Waals surface area contributed by atoms with Crippen LogP contribution in [0.2, 0.25) is 0 Å². The largest absolute Gasteiger partial charge is 0.508 e. The number of aliphatic hydroxyl groups excluding tert-OH is 1. The molecule has 1 rings (SSSR count). The van der Waals surface area contributed by atoms with Crippen LogP contribution in [0.3, 0.4) is 0 Å². The van der Waals surface area contributed by atoms with Crippen LogP contribution >= 0.6 is 0 Å². The lowest BCUT2D eigenvalue weighted by Gasteiger charge is -2.09. The molecular weight excluding hydrogens is 234 g/mol. The van der Waals surface area contributed by atoms with E-state index in [2.05, 4.69) is 5.32 Å². The van der Waals surface area contributed by atoms with Crippen molar-refractivity contribution in [1.29, 1.82) is 0 Å². The fourth-order valence-corrected chi connectivity index (χ4v) is 1.54. The van der Waals surface area contributed by atoms with Gasteiger partial charge in [0.05, 0.1) is 5.56 Å². The molecule has 0 bridgehead atoms. The van der Waals surface area contributed by atoms with Gasteiger partial charge in [0, 0.05) is 13.2 Å². The van der Waals surface area contributed by atoms with Crippen molar-refractivity contribution in [3.05, 3.63) is 23.8 Å². The van der Waals surface area contributed by atoms with Crippen LogP contribution in [0.15, 0.2) is 18.2 Å². The predicted octanol–water partition coefficient (Wildman–Crippen LogP) is 1.24. The molecule has 4 N–H and O–H groups in total. The third kappa shape index (κ3) is 4.25. The molecule has 18 heavy (non-hydrogen) atoms. The van der Waals surface area contributed by atoms with Crippen LogP contribution in [0.25, 0.3) is 0 Å². The topological polar surface area (TPSA) is 89.8 Å². The smallest absolute Gasteiger partial charge is 0.255 e. The Labute approximate surface area is 106 Å². The van der Waals surface area contributed by atoms with Crippen molar-refractivity contribution in [3.63, 3.8) is 0 Å². The average Bonchev–Trinajstić information content (AvgIpc) is 2.36. The number of hydrogen-bond donors (Lipinski definition) is 4. The van der Waals surface area contributed by atoms with Gasteiger partial charge in [-0.1, -0.05) is 6.92 Å². The Bertz CT molecular complexity index is 406. The molecule has 0 fully saturated rings. The summed E-state index contributed by atoms with van der Waals surface area (Å²) in [5.74, 6) is -0.419. The van der Waals surface area contributed by atoms with E-state index >= 15 is 0 Å². The number of carbonyl (C=O) groups excluding carboxylic acids is 1. The molecule has 0 spiro atoms. The van der Waals surface area contributed by atoms with Crippen molar-refractivity contribution >= 4 is 5.91 Å². The van der Waals surface area contributed by atoms with Crippen LogP contribution in [0.4, 0.5) is 0 Å². The number of benzene rings is 1. The normalized spacial score (nSPS) is 12.1. The quantitative estimate of drug-likeness (QED) is 0.453. The zero-order valence-corrected chi connectivity index (χ0v) is 10.4. The lowest BCUT2D eigenvalue weighted by Crippen LogP contribution is -2.25.